The lowest BCUT2D eigenvalue weighted by Gasteiger charge is -2.25. The predicted molar refractivity (Wildman–Crippen MR) is 74.2 cm³/mol. The standard InChI is InChI=1S/C16H16N2O/c17-16-14-9-5-4-8-13(14)15(11-19)18(16)10-12-6-2-1-3-7-12/h1-9,11,15-16H,10,17H2. The summed E-state index contributed by atoms with van der Waals surface area (Å²) in [7, 11) is 0. The van der Waals surface area contributed by atoms with Gasteiger partial charge in [-0.25, -0.2) is 0 Å². The minimum atomic E-state index is -0.244. The number of benzene rings is 2. The van der Waals surface area contributed by atoms with Crippen LogP contribution in [-0.2, 0) is 11.3 Å². The van der Waals surface area contributed by atoms with Crippen molar-refractivity contribution in [2.45, 2.75) is 18.8 Å². The van der Waals surface area contributed by atoms with Crippen LogP contribution < -0.4 is 5.73 Å². The van der Waals surface area contributed by atoms with Gasteiger partial charge < -0.3 is 10.5 Å². The van der Waals surface area contributed by atoms with Gasteiger partial charge in [0, 0.05) is 6.54 Å². The molecule has 3 nitrogen and oxygen atoms in total. The number of carbonyl (C=O) groups excluding carboxylic acids is 1. The topological polar surface area (TPSA) is 46.3 Å². The number of aldehydes is 1. The van der Waals surface area contributed by atoms with Gasteiger partial charge in [-0.1, -0.05) is 54.6 Å². The SMILES string of the molecule is NC1c2ccccc2C(C=O)N1Cc1ccccc1. The molecule has 2 unspecified atom stereocenters. The molecular weight excluding hydrogens is 236 g/mol. The van der Waals surface area contributed by atoms with E-state index in [-0.39, 0.29) is 12.2 Å². The van der Waals surface area contributed by atoms with Crippen LogP contribution in [0.4, 0.5) is 0 Å². The zero-order valence-corrected chi connectivity index (χ0v) is 10.6. The molecule has 2 aromatic carbocycles. The molecule has 0 amide bonds. The van der Waals surface area contributed by atoms with Crippen molar-refractivity contribution in [2.75, 3.05) is 0 Å². The molecule has 0 fully saturated rings. The predicted octanol–water partition coefficient (Wildman–Crippen LogP) is 2.40. The Morgan fingerprint density at radius 1 is 1.00 bits per heavy atom. The van der Waals surface area contributed by atoms with Crippen molar-refractivity contribution in [1.29, 1.82) is 0 Å². The second kappa shape index (κ2) is 4.96. The smallest absolute Gasteiger partial charge is 0.141 e. The van der Waals surface area contributed by atoms with Crippen LogP contribution in [-0.4, -0.2) is 11.2 Å². The van der Waals surface area contributed by atoms with Gasteiger partial charge in [0.25, 0.3) is 0 Å². The first-order chi connectivity index (χ1) is 9.31. The highest BCUT2D eigenvalue weighted by atomic mass is 16.1. The molecule has 2 N–H and O–H groups in total. The summed E-state index contributed by atoms with van der Waals surface area (Å²) in [4.78, 5) is 13.5. The Bertz CT molecular complexity index is 582. The summed E-state index contributed by atoms with van der Waals surface area (Å²) in [5, 5.41) is 0. The quantitative estimate of drug-likeness (QED) is 0.853. The third-order valence-corrected chi connectivity index (χ3v) is 3.68. The first-order valence-electron chi connectivity index (χ1n) is 6.40. The van der Waals surface area contributed by atoms with E-state index in [0.717, 1.165) is 23.0 Å². The minimum absolute atomic E-state index is 0.216. The molecule has 19 heavy (non-hydrogen) atoms. The van der Waals surface area contributed by atoms with Crippen molar-refractivity contribution < 1.29 is 4.79 Å². The molecule has 0 saturated carbocycles. The normalized spacial score (nSPS) is 22.2. The van der Waals surface area contributed by atoms with Gasteiger partial charge in [0.15, 0.2) is 0 Å². The highest BCUT2D eigenvalue weighted by molar-refractivity contribution is 5.65. The zero-order chi connectivity index (χ0) is 13.2. The summed E-state index contributed by atoms with van der Waals surface area (Å²) in [6, 6.07) is 17.8. The monoisotopic (exact) mass is 252 g/mol. The first-order valence-corrected chi connectivity index (χ1v) is 6.40. The number of fused-ring (bicyclic) bond motifs is 1. The summed E-state index contributed by atoms with van der Waals surface area (Å²) in [6.45, 7) is 0.681. The third-order valence-electron chi connectivity index (χ3n) is 3.68. The Balaban J connectivity index is 1.93. The van der Waals surface area contributed by atoms with Crippen LogP contribution >= 0.6 is 0 Å². The molecule has 96 valence electrons. The average Bonchev–Trinajstić information content (AvgIpc) is 2.73. The number of hydrogen-bond acceptors (Lipinski definition) is 3. The zero-order valence-electron chi connectivity index (χ0n) is 10.6. The fourth-order valence-corrected chi connectivity index (χ4v) is 2.72. The molecule has 3 rings (SSSR count). The van der Waals surface area contributed by atoms with Crippen molar-refractivity contribution in [1.82, 2.24) is 4.90 Å². The first kappa shape index (κ1) is 12.1. The maximum Gasteiger partial charge on any atom is 0.141 e. The molecule has 1 aliphatic heterocycles. The van der Waals surface area contributed by atoms with E-state index in [1.54, 1.807) is 0 Å². The summed E-state index contributed by atoms with van der Waals surface area (Å²) in [6.07, 6.45) is 0.765. The van der Waals surface area contributed by atoms with E-state index in [1.165, 1.54) is 0 Å². The van der Waals surface area contributed by atoms with Gasteiger partial charge in [-0.15, -0.1) is 0 Å². The molecule has 1 heterocycles. The lowest BCUT2D eigenvalue weighted by Crippen LogP contribution is -2.31. The third kappa shape index (κ3) is 2.07. The maximum absolute atomic E-state index is 11.4. The second-order valence-electron chi connectivity index (χ2n) is 4.81. The van der Waals surface area contributed by atoms with E-state index >= 15 is 0 Å². The van der Waals surface area contributed by atoms with Crippen molar-refractivity contribution in [3.63, 3.8) is 0 Å². The van der Waals surface area contributed by atoms with E-state index in [4.69, 9.17) is 5.73 Å². The van der Waals surface area contributed by atoms with E-state index in [1.807, 2.05) is 47.4 Å². The lowest BCUT2D eigenvalue weighted by molar-refractivity contribution is -0.113. The molecule has 0 saturated heterocycles. The Hall–Kier alpha value is -1.97. The van der Waals surface area contributed by atoms with Gasteiger partial charge in [-0.3, -0.25) is 4.90 Å². The Morgan fingerprint density at radius 3 is 2.32 bits per heavy atom. The molecule has 3 heteroatoms. The van der Waals surface area contributed by atoms with Crippen molar-refractivity contribution in [3.05, 3.63) is 71.3 Å². The van der Waals surface area contributed by atoms with E-state index in [2.05, 4.69) is 12.1 Å². The maximum atomic E-state index is 11.4. The van der Waals surface area contributed by atoms with Crippen molar-refractivity contribution in [3.8, 4) is 0 Å². The largest absolute Gasteiger partial charge is 0.312 e. The average molecular weight is 252 g/mol. The second-order valence-corrected chi connectivity index (χ2v) is 4.81. The summed E-state index contributed by atoms with van der Waals surface area (Å²) in [5.41, 5.74) is 9.52. The van der Waals surface area contributed by atoms with Crippen molar-refractivity contribution >= 4 is 6.29 Å². The summed E-state index contributed by atoms with van der Waals surface area (Å²) in [5.74, 6) is 0. The summed E-state index contributed by atoms with van der Waals surface area (Å²) < 4.78 is 0. The molecule has 1 aliphatic rings. The van der Waals surface area contributed by atoms with E-state index in [9.17, 15) is 4.79 Å². The van der Waals surface area contributed by atoms with Crippen LogP contribution in [0.1, 0.15) is 28.9 Å². The molecule has 2 atom stereocenters. The summed E-state index contributed by atoms with van der Waals surface area (Å²) >= 11 is 0. The van der Waals surface area contributed by atoms with E-state index in [0.29, 0.717) is 6.54 Å². The highest BCUT2D eigenvalue weighted by Gasteiger charge is 2.35. The van der Waals surface area contributed by atoms with E-state index < -0.39 is 0 Å². The molecule has 0 aliphatic carbocycles. The Kier molecular flexibility index (Phi) is 3.15. The van der Waals surface area contributed by atoms with Gasteiger partial charge in [0.05, 0.1) is 12.2 Å². The fourth-order valence-electron chi connectivity index (χ4n) is 2.72. The van der Waals surface area contributed by atoms with Gasteiger partial charge >= 0.3 is 0 Å². The Labute approximate surface area is 112 Å². The minimum Gasteiger partial charge on any atom is -0.312 e. The number of carbonyl (C=O) groups is 1. The molecule has 0 spiro atoms. The van der Waals surface area contributed by atoms with Crippen LogP contribution in [0.25, 0.3) is 0 Å². The van der Waals surface area contributed by atoms with Gasteiger partial charge in [-0.05, 0) is 16.7 Å². The van der Waals surface area contributed by atoms with Gasteiger partial charge in [0.1, 0.15) is 6.29 Å². The van der Waals surface area contributed by atoms with Crippen LogP contribution in [0.5, 0.6) is 0 Å². The Morgan fingerprint density at radius 2 is 1.63 bits per heavy atom. The van der Waals surface area contributed by atoms with Gasteiger partial charge in [0.2, 0.25) is 0 Å². The number of nitrogens with zero attached hydrogens (tertiary/aromatic N) is 1. The highest BCUT2D eigenvalue weighted by Crippen LogP contribution is 2.38. The van der Waals surface area contributed by atoms with Crippen molar-refractivity contribution in [2.24, 2.45) is 5.73 Å². The van der Waals surface area contributed by atoms with Crippen LogP contribution in [0.3, 0.4) is 0 Å². The number of rotatable bonds is 3. The van der Waals surface area contributed by atoms with Crippen LogP contribution in [0.2, 0.25) is 0 Å². The molecule has 0 bridgehead atoms. The molecule has 0 aromatic heterocycles. The van der Waals surface area contributed by atoms with Crippen LogP contribution in [0.15, 0.2) is 54.6 Å². The molecular formula is C16H16N2O. The lowest BCUT2D eigenvalue weighted by atomic mass is 10.1. The van der Waals surface area contributed by atoms with Gasteiger partial charge in [-0.2, -0.15) is 0 Å². The van der Waals surface area contributed by atoms with Crippen LogP contribution in [0, 0.1) is 0 Å². The fraction of sp³-hybridized carbons (Fsp3) is 0.188. The number of nitrogens with two attached hydrogens (primary N) is 1. The molecule has 0 radical (unpaired) electrons. The molecule has 2 aromatic rings. The number of hydrogen-bond donors (Lipinski definition) is 1.